The molecule has 0 bridgehead atoms. The van der Waals surface area contributed by atoms with Gasteiger partial charge in [0.1, 0.15) is 5.75 Å². The summed E-state index contributed by atoms with van der Waals surface area (Å²) < 4.78 is 23.8. The number of carbonyl (C=O) groups is 1. The monoisotopic (exact) mass is 369 g/mol. The van der Waals surface area contributed by atoms with E-state index in [1.807, 2.05) is 43.0 Å². The van der Waals surface area contributed by atoms with E-state index in [9.17, 15) is 13.2 Å². The molecular formula is C18H27NO3S2. The zero-order valence-electron chi connectivity index (χ0n) is 14.3. The van der Waals surface area contributed by atoms with Crippen molar-refractivity contribution in [2.45, 2.75) is 62.0 Å². The summed E-state index contributed by atoms with van der Waals surface area (Å²) in [6.07, 6.45) is 7.66. The number of hydrogen-bond acceptors (Lipinski definition) is 4. The minimum atomic E-state index is -3.31. The summed E-state index contributed by atoms with van der Waals surface area (Å²) in [6.45, 7) is 2.02. The molecule has 1 saturated carbocycles. The summed E-state index contributed by atoms with van der Waals surface area (Å²) in [4.78, 5) is 13.1. The lowest BCUT2D eigenvalue weighted by molar-refractivity contribution is -0.113. The average molecular weight is 370 g/mol. The van der Waals surface area contributed by atoms with Gasteiger partial charge in [0.2, 0.25) is 5.91 Å². The Morgan fingerprint density at radius 3 is 2.46 bits per heavy atom. The Labute approximate surface area is 149 Å². The Kier molecular flexibility index (Phi) is 7.62. The molecule has 0 unspecified atom stereocenters. The van der Waals surface area contributed by atoms with Gasteiger partial charge in [-0.3, -0.25) is 4.79 Å². The SMILES string of the molecule is CCCCCS(=O)(=O)CC(=O)Nc1ccc(SC2CCCC2)cc1. The molecule has 0 atom stereocenters. The van der Waals surface area contributed by atoms with Gasteiger partial charge in [-0.15, -0.1) is 11.8 Å². The second-order valence-corrected chi connectivity index (χ2v) is 9.95. The summed E-state index contributed by atoms with van der Waals surface area (Å²) >= 11 is 1.89. The first-order chi connectivity index (χ1) is 11.5. The van der Waals surface area contributed by atoms with Crippen LogP contribution in [0.15, 0.2) is 29.2 Å². The van der Waals surface area contributed by atoms with Crippen LogP contribution in [0.3, 0.4) is 0 Å². The van der Waals surface area contributed by atoms with Crippen LogP contribution in [0.2, 0.25) is 0 Å². The maximum Gasteiger partial charge on any atom is 0.239 e. The van der Waals surface area contributed by atoms with Gasteiger partial charge in [-0.1, -0.05) is 32.6 Å². The van der Waals surface area contributed by atoms with Gasteiger partial charge in [-0.05, 0) is 43.5 Å². The topological polar surface area (TPSA) is 63.2 Å². The molecule has 0 aromatic heterocycles. The molecule has 0 aliphatic heterocycles. The standard InChI is InChI=1S/C18H27NO3S2/c1-2-3-6-13-24(21,22)14-18(20)19-15-9-11-17(12-10-15)23-16-7-4-5-8-16/h9-12,16H,2-8,13-14H2,1H3,(H,19,20). The molecule has 0 radical (unpaired) electrons. The predicted molar refractivity (Wildman–Crippen MR) is 101 cm³/mol. The Hall–Kier alpha value is -1.01. The molecule has 1 N–H and O–H groups in total. The zero-order valence-corrected chi connectivity index (χ0v) is 15.9. The van der Waals surface area contributed by atoms with Crippen molar-refractivity contribution in [3.05, 3.63) is 24.3 Å². The first-order valence-corrected chi connectivity index (χ1v) is 11.5. The van der Waals surface area contributed by atoms with Crippen molar-refractivity contribution in [1.29, 1.82) is 0 Å². The number of unbranched alkanes of at least 4 members (excludes halogenated alkanes) is 2. The second-order valence-electron chi connectivity index (χ2n) is 6.40. The lowest BCUT2D eigenvalue weighted by atomic mass is 10.3. The number of nitrogens with one attached hydrogen (secondary N) is 1. The predicted octanol–water partition coefficient (Wildman–Crippen LogP) is 4.26. The molecule has 0 saturated heterocycles. The van der Waals surface area contributed by atoms with E-state index in [4.69, 9.17) is 0 Å². The molecule has 4 nitrogen and oxygen atoms in total. The normalized spacial score (nSPS) is 15.5. The van der Waals surface area contributed by atoms with Gasteiger partial charge in [-0.25, -0.2) is 8.42 Å². The number of amides is 1. The number of thioether (sulfide) groups is 1. The molecule has 134 valence electrons. The number of rotatable bonds is 9. The number of hydrogen-bond donors (Lipinski definition) is 1. The first kappa shape index (κ1) is 19.3. The summed E-state index contributed by atoms with van der Waals surface area (Å²) in [6, 6.07) is 7.68. The third kappa shape index (κ3) is 6.85. The summed E-state index contributed by atoms with van der Waals surface area (Å²) in [7, 11) is -3.31. The molecule has 0 spiro atoms. The molecular weight excluding hydrogens is 342 g/mol. The van der Waals surface area contributed by atoms with Crippen molar-refractivity contribution in [3.63, 3.8) is 0 Å². The Balaban J connectivity index is 1.80. The van der Waals surface area contributed by atoms with Crippen LogP contribution in [-0.2, 0) is 14.6 Å². The van der Waals surface area contributed by atoms with Crippen LogP contribution < -0.4 is 5.32 Å². The van der Waals surface area contributed by atoms with E-state index >= 15 is 0 Å². The van der Waals surface area contributed by atoms with Gasteiger partial charge >= 0.3 is 0 Å². The smallest absolute Gasteiger partial charge is 0.239 e. The number of carbonyl (C=O) groups excluding carboxylic acids is 1. The van der Waals surface area contributed by atoms with Crippen LogP contribution in [0.5, 0.6) is 0 Å². The molecule has 1 aliphatic carbocycles. The van der Waals surface area contributed by atoms with Crippen LogP contribution in [0.1, 0.15) is 51.9 Å². The fourth-order valence-electron chi connectivity index (χ4n) is 2.86. The van der Waals surface area contributed by atoms with Gasteiger partial charge in [0.05, 0.1) is 5.75 Å². The van der Waals surface area contributed by atoms with E-state index in [-0.39, 0.29) is 5.75 Å². The van der Waals surface area contributed by atoms with Crippen LogP contribution in [-0.4, -0.2) is 31.1 Å². The molecule has 1 aromatic rings. The number of benzene rings is 1. The highest BCUT2D eigenvalue weighted by atomic mass is 32.2. The fourth-order valence-corrected chi connectivity index (χ4v) is 5.36. The molecule has 1 amide bonds. The maximum absolute atomic E-state index is 11.9. The van der Waals surface area contributed by atoms with Crippen molar-refractivity contribution in [2.75, 3.05) is 16.8 Å². The Bertz CT molecular complexity index is 620. The average Bonchev–Trinajstić information content (AvgIpc) is 3.01. The molecule has 0 heterocycles. The minimum Gasteiger partial charge on any atom is -0.325 e. The van der Waals surface area contributed by atoms with Gasteiger partial charge in [0, 0.05) is 15.8 Å². The molecule has 24 heavy (non-hydrogen) atoms. The third-order valence-corrected chi connectivity index (χ3v) is 7.11. The highest BCUT2D eigenvalue weighted by Crippen LogP contribution is 2.34. The molecule has 1 fully saturated rings. The van der Waals surface area contributed by atoms with E-state index < -0.39 is 21.5 Å². The quantitative estimate of drug-likeness (QED) is 0.661. The Morgan fingerprint density at radius 2 is 1.83 bits per heavy atom. The lowest BCUT2D eigenvalue weighted by Crippen LogP contribution is -2.24. The van der Waals surface area contributed by atoms with E-state index in [1.54, 1.807) is 0 Å². The summed E-state index contributed by atoms with van der Waals surface area (Å²) in [5.41, 5.74) is 0.652. The fraction of sp³-hybridized carbons (Fsp3) is 0.611. The first-order valence-electron chi connectivity index (χ1n) is 8.75. The van der Waals surface area contributed by atoms with E-state index in [0.29, 0.717) is 17.4 Å². The minimum absolute atomic E-state index is 0.0885. The number of anilines is 1. The maximum atomic E-state index is 11.9. The van der Waals surface area contributed by atoms with Crippen molar-refractivity contribution in [3.8, 4) is 0 Å². The van der Waals surface area contributed by atoms with E-state index in [0.717, 1.165) is 12.8 Å². The van der Waals surface area contributed by atoms with Crippen molar-refractivity contribution in [2.24, 2.45) is 0 Å². The second kappa shape index (κ2) is 9.47. The lowest BCUT2D eigenvalue weighted by Gasteiger charge is -2.10. The van der Waals surface area contributed by atoms with Crippen molar-refractivity contribution < 1.29 is 13.2 Å². The Morgan fingerprint density at radius 1 is 1.17 bits per heavy atom. The van der Waals surface area contributed by atoms with Crippen LogP contribution in [0.4, 0.5) is 5.69 Å². The van der Waals surface area contributed by atoms with E-state index in [1.165, 1.54) is 30.6 Å². The zero-order chi connectivity index (χ0) is 17.4. The van der Waals surface area contributed by atoms with Gasteiger partial charge < -0.3 is 5.32 Å². The van der Waals surface area contributed by atoms with Gasteiger partial charge in [0.25, 0.3) is 0 Å². The van der Waals surface area contributed by atoms with Crippen LogP contribution in [0, 0.1) is 0 Å². The number of sulfone groups is 1. The van der Waals surface area contributed by atoms with E-state index in [2.05, 4.69) is 5.32 Å². The van der Waals surface area contributed by atoms with Crippen molar-refractivity contribution >= 4 is 33.2 Å². The van der Waals surface area contributed by atoms with Crippen LogP contribution >= 0.6 is 11.8 Å². The highest BCUT2D eigenvalue weighted by Gasteiger charge is 2.17. The summed E-state index contributed by atoms with van der Waals surface area (Å²) in [5.74, 6) is -0.803. The van der Waals surface area contributed by atoms with Crippen molar-refractivity contribution in [1.82, 2.24) is 0 Å². The summed E-state index contributed by atoms with van der Waals surface area (Å²) in [5, 5.41) is 3.39. The third-order valence-electron chi connectivity index (χ3n) is 4.15. The highest BCUT2D eigenvalue weighted by molar-refractivity contribution is 8.00. The van der Waals surface area contributed by atoms with Gasteiger partial charge in [0.15, 0.2) is 9.84 Å². The molecule has 2 rings (SSSR count). The largest absolute Gasteiger partial charge is 0.325 e. The van der Waals surface area contributed by atoms with Crippen LogP contribution in [0.25, 0.3) is 0 Å². The molecule has 1 aliphatic rings. The molecule has 6 heteroatoms. The van der Waals surface area contributed by atoms with Gasteiger partial charge in [-0.2, -0.15) is 0 Å². The molecule has 1 aromatic carbocycles.